The molecule has 0 saturated carbocycles. The van der Waals surface area contributed by atoms with Gasteiger partial charge in [-0.1, -0.05) is 60.7 Å². The SMILES string of the molecule is O=C1NC(=O)[C@@]2(CCN(C(=O)[C@@H](Cc3ccccc3)NC(=O)OCc3ccccc3)C2)N1. The van der Waals surface area contributed by atoms with Crippen molar-refractivity contribution < 1.29 is 23.9 Å². The van der Waals surface area contributed by atoms with Crippen molar-refractivity contribution in [3.8, 4) is 0 Å². The number of rotatable bonds is 6. The summed E-state index contributed by atoms with van der Waals surface area (Å²) in [5, 5.41) is 7.52. The van der Waals surface area contributed by atoms with Gasteiger partial charge in [-0.15, -0.1) is 0 Å². The number of imide groups is 1. The third-order valence-electron chi connectivity index (χ3n) is 5.68. The third kappa shape index (κ3) is 4.72. The summed E-state index contributed by atoms with van der Waals surface area (Å²) in [5.41, 5.74) is 0.589. The summed E-state index contributed by atoms with van der Waals surface area (Å²) in [4.78, 5) is 51.0. The van der Waals surface area contributed by atoms with Crippen LogP contribution in [0.1, 0.15) is 17.5 Å². The second kappa shape index (κ2) is 9.09. The quantitative estimate of drug-likeness (QED) is 0.591. The number of hydrogen-bond donors (Lipinski definition) is 3. The van der Waals surface area contributed by atoms with Crippen molar-refractivity contribution in [2.24, 2.45) is 0 Å². The number of carbonyl (C=O) groups excluding carboxylic acids is 4. The van der Waals surface area contributed by atoms with E-state index in [1.165, 1.54) is 4.90 Å². The Hall–Kier alpha value is -3.88. The highest BCUT2D eigenvalue weighted by molar-refractivity contribution is 6.07. The van der Waals surface area contributed by atoms with Crippen molar-refractivity contribution in [3.63, 3.8) is 0 Å². The molecule has 0 bridgehead atoms. The summed E-state index contributed by atoms with van der Waals surface area (Å²) >= 11 is 0. The van der Waals surface area contributed by atoms with Crippen molar-refractivity contribution in [1.29, 1.82) is 0 Å². The highest BCUT2D eigenvalue weighted by Gasteiger charge is 2.52. The minimum Gasteiger partial charge on any atom is -0.445 e. The van der Waals surface area contributed by atoms with E-state index in [9.17, 15) is 19.2 Å². The first-order chi connectivity index (χ1) is 15.4. The number of likely N-dealkylation sites (tertiary alicyclic amines) is 1. The highest BCUT2D eigenvalue weighted by Crippen LogP contribution is 2.25. The van der Waals surface area contributed by atoms with E-state index in [0.717, 1.165) is 11.1 Å². The Morgan fingerprint density at radius 1 is 1.03 bits per heavy atom. The highest BCUT2D eigenvalue weighted by atomic mass is 16.5. The molecule has 0 unspecified atom stereocenters. The van der Waals surface area contributed by atoms with E-state index in [4.69, 9.17) is 4.74 Å². The van der Waals surface area contributed by atoms with Crippen molar-refractivity contribution in [2.45, 2.75) is 31.0 Å². The molecule has 166 valence electrons. The van der Waals surface area contributed by atoms with Gasteiger partial charge in [-0.3, -0.25) is 14.9 Å². The molecule has 5 amide bonds. The molecule has 0 radical (unpaired) electrons. The second-order valence-corrected chi connectivity index (χ2v) is 7.95. The van der Waals surface area contributed by atoms with Crippen molar-refractivity contribution in [3.05, 3.63) is 71.8 Å². The van der Waals surface area contributed by atoms with Gasteiger partial charge in [-0.25, -0.2) is 9.59 Å². The standard InChI is InChI=1S/C23H24N4O5/c28-19(27-12-11-23(15-27)20(29)25-21(30)26-23)18(13-16-7-3-1-4-8-16)24-22(31)32-14-17-9-5-2-6-10-17/h1-10,18H,11-15H2,(H,24,31)(H2,25,26,29,30)/t18-,23+/m1/s1. The predicted molar refractivity (Wildman–Crippen MR) is 114 cm³/mol. The Morgan fingerprint density at radius 2 is 1.69 bits per heavy atom. The van der Waals surface area contributed by atoms with Crippen molar-refractivity contribution in [2.75, 3.05) is 13.1 Å². The van der Waals surface area contributed by atoms with Gasteiger partial charge < -0.3 is 20.3 Å². The first-order valence-corrected chi connectivity index (χ1v) is 10.4. The monoisotopic (exact) mass is 436 g/mol. The Morgan fingerprint density at radius 3 is 2.31 bits per heavy atom. The van der Waals surface area contributed by atoms with Gasteiger partial charge in [0.1, 0.15) is 18.2 Å². The predicted octanol–water partition coefficient (Wildman–Crippen LogP) is 1.33. The van der Waals surface area contributed by atoms with Gasteiger partial charge in [-0.05, 0) is 17.5 Å². The van der Waals surface area contributed by atoms with Gasteiger partial charge >= 0.3 is 12.1 Å². The van der Waals surface area contributed by atoms with Gasteiger partial charge in [0.15, 0.2) is 0 Å². The lowest BCUT2D eigenvalue weighted by atomic mass is 9.99. The van der Waals surface area contributed by atoms with Crippen LogP contribution < -0.4 is 16.0 Å². The zero-order chi connectivity index (χ0) is 22.6. The molecule has 2 aromatic carbocycles. The summed E-state index contributed by atoms with van der Waals surface area (Å²) in [6.07, 6.45) is -0.126. The molecule has 2 fully saturated rings. The minimum absolute atomic E-state index is 0.0510. The average Bonchev–Trinajstić information content (AvgIpc) is 3.35. The third-order valence-corrected chi connectivity index (χ3v) is 5.68. The van der Waals surface area contributed by atoms with Crippen LogP contribution in [0.2, 0.25) is 0 Å². The summed E-state index contributed by atoms with van der Waals surface area (Å²) < 4.78 is 5.29. The molecule has 2 saturated heterocycles. The average molecular weight is 436 g/mol. The maximum Gasteiger partial charge on any atom is 0.408 e. The fourth-order valence-electron chi connectivity index (χ4n) is 3.99. The van der Waals surface area contributed by atoms with Gasteiger partial charge in [0, 0.05) is 13.0 Å². The Balaban J connectivity index is 1.44. The van der Waals surface area contributed by atoms with Crippen LogP contribution in [0.5, 0.6) is 0 Å². The van der Waals surface area contributed by atoms with Crippen LogP contribution >= 0.6 is 0 Å². The van der Waals surface area contributed by atoms with Gasteiger partial charge in [-0.2, -0.15) is 0 Å². The molecule has 2 atom stereocenters. The maximum absolute atomic E-state index is 13.3. The lowest BCUT2D eigenvalue weighted by Crippen LogP contribution is -2.53. The smallest absolute Gasteiger partial charge is 0.408 e. The van der Waals surface area contributed by atoms with Crippen LogP contribution in [0.4, 0.5) is 9.59 Å². The fourth-order valence-corrected chi connectivity index (χ4v) is 3.99. The van der Waals surface area contributed by atoms with Gasteiger partial charge in [0.2, 0.25) is 5.91 Å². The molecule has 32 heavy (non-hydrogen) atoms. The number of alkyl carbamates (subject to hydrolysis) is 1. The first kappa shape index (κ1) is 21.4. The van der Waals surface area contributed by atoms with Crippen LogP contribution in [0.15, 0.2) is 60.7 Å². The van der Waals surface area contributed by atoms with E-state index in [1.807, 2.05) is 60.7 Å². The van der Waals surface area contributed by atoms with Crippen molar-refractivity contribution >= 4 is 23.9 Å². The Labute approximate surface area is 185 Å². The molecule has 9 heteroatoms. The number of nitrogens with zero attached hydrogens (tertiary/aromatic N) is 1. The molecule has 2 aliphatic heterocycles. The minimum atomic E-state index is -1.11. The topological polar surface area (TPSA) is 117 Å². The van der Waals surface area contributed by atoms with E-state index in [2.05, 4.69) is 16.0 Å². The number of ether oxygens (including phenoxy) is 1. The van der Waals surface area contributed by atoms with E-state index in [0.29, 0.717) is 13.0 Å². The Kier molecular flexibility index (Phi) is 6.07. The number of amides is 5. The lowest BCUT2D eigenvalue weighted by molar-refractivity contribution is -0.132. The van der Waals surface area contributed by atoms with Gasteiger partial charge in [0.05, 0.1) is 6.54 Å². The number of benzene rings is 2. The maximum atomic E-state index is 13.3. The van der Waals surface area contributed by atoms with Crippen LogP contribution in [0.3, 0.4) is 0 Å². The second-order valence-electron chi connectivity index (χ2n) is 7.95. The molecule has 0 aromatic heterocycles. The van der Waals surface area contributed by atoms with E-state index < -0.39 is 29.6 Å². The number of nitrogens with one attached hydrogen (secondary N) is 3. The largest absolute Gasteiger partial charge is 0.445 e. The molecule has 4 rings (SSSR count). The molecular formula is C23H24N4O5. The fraction of sp³-hybridized carbons (Fsp3) is 0.304. The zero-order valence-electron chi connectivity index (χ0n) is 17.4. The molecule has 9 nitrogen and oxygen atoms in total. The molecule has 3 N–H and O–H groups in total. The van der Waals surface area contributed by atoms with Crippen LogP contribution in [0, 0.1) is 0 Å². The Bertz CT molecular complexity index is 1010. The normalized spacial score (nSPS) is 20.6. The van der Waals surface area contributed by atoms with E-state index in [-0.39, 0.29) is 25.5 Å². The summed E-state index contributed by atoms with van der Waals surface area (Å²) in [5.74, 6) is -0.774. The molecule has 2 heterocycles. The van der Waals surface area contributed by atoms with Crippen molar-refractivity contribution in [1.82, 2.24) is 20.9 Å². The number of carbonyl (C=O) groups is 4. The molecular weight excluding hydrogens is 412 g/mol. The zero-order valence-corrected chi connectivity index (χ0v) is 17.4. The summed E-state index contributed by atoms with van der Waals surface area (Å²) in [7, 11) is 0. The molecule has 1 spiro atoms. The van der Waals surface area contributed by atoms with Crippen LogP contribution in [-0.4, -0.2) is 53.5 Å². The number of hydrogen-bond acceptors (Lipinski definition) is 5. The van der Waals surface area contributed by atoms with E-state index >= 15 is 0 Å². The van der Waals surface area contributed by atoms with Crippen LogP contribution in [0.25, 0.3) is 0 Å². The van der Waals surface area contributed by atoms with Crippen LogP contribution in [-0.2, 0) is 27.4 Å². The summed E-state index contributed by atoms with van der Waals surface area (Å²) in [6.45, 7) is 0.423. The van der Waals surface area contributed by atoms with Gasteiger partial charge in [0.25, 0.3) is 5.91 Å². The lowest BCUT2D eigenvalue weighted by Gasteiger charge is -2.26. The molecule has 2 aliphatic rings. The number of urea groups is 1. The summed E-state index contributed by atoms with van der Waals surface area (Å²) in [6, 6.07) is 17.1. The first-order valence-electron chi connectivity index (χ1n) is 10.4. The molecule has 0 aliphatic carbocycles. The molecule has 2 aromatic rings. The van der Waals surface area contributed by atoms with E-state index in [1.54, 1.807) is 0 Å².